The van der Waals surface area contributed by atoms with Gasteiger partial charge in [0, 0.05) is 11.3 Å². The molecule has 0 spiro atoms. The number of hydrogen-bond donors (Lipinski definition) is 0. The summed E-state index contributed by atoms with van der Waals surface area (Å²) in [5.74, 6) is 0.526. The molecule has 84 valence electrons. The van der Waals surface area contributed by atoms with Gasteiger partial charge in [0.15, 0.2) is 0 Å². The van der Waals surface area contributed by atoms with E-state index in [9.17, 15) is 8.78 Å². The summed E-state index contributed by atoms with van der Waals surface area (Å²) in [5, 5.41) is 1.51. The maximum absolute atomic E-state index is 12.2. The van der Waals surface area contributed by atoms with Crippen molar-refractivity contribution in [1.29, 1.82) is 0 Å². The smallest absolute Gasteiger partial charge is 0.387 e. The summed E-state index contributed by atoms with van der Waals surface area (Å²) < 4.78 is 28.8. The van der Waals surface area contributed by atoms with Crippen molar-refractivity contribution >= 4 is 22.4 Å². The van der Waals surface area contributed by atoms with Crippen molar-refractivity contribution in [2.24, 2.45) is 0 Å². The monoisotopic (exact) mass is 242 g/mol. The molecule has 0 heterocycles. The second-order valence-corrected chi connectivity index (χ2v) is 3.59. The van der Waals surface area contributed by atoms with Gasteiger partial charge in [0.1, 0.15) is 5.75 Å². The van der Waals surface area contributed by atoms with Gasteiger partial charge in [-0.15, -0.1) is 11.6 Å². The summed E-state index contributed by atoms with van der Waals surface area (Å²) in [7, 11) is 0. The van der Waals surface area contributed by atoms with Gasteiger partial charge in [-0.25, -0.2) is 0 Å². The van der Waals surface area contributed by atoms with Crippen LogP contribution in [0, 0.1) is 0 Å². The van der Waals surface area contributed by atoms with Gasteiger partial charge in [-0.1, -0.05) is 24.3 Å². The molecule has 0 unspecified atom stereocenters. The first-order valence-corrected chi connectivity index (χ1v) is 5.26. The molecule has 2 rings (SSSR count). The Morgan fingerprint density at radius 2 is 2.00 bits per heavy atom. The highest BCUT2D eigenvalue weighted by Gasteiger charge is 2.08. The topological polar surface area (TPSA) is 9.23 Å². The van der Waals surface area contributed by atoms with Crippen LogP contribution in [0.5, 0.6) is 5.75 Å². The molecule has 2 aromatic carbocycles. The predicted octanol–water partition coefficient (Wildman–Crippen LogP) is 4.18. The van der Waals surface area contributed by atoms with Crippen molar-refractivity contribution in [1.82, 2.24) is 0 Å². The molecule has 0 saturated heterocycles. The molecule has 0 atom stereocenters. The maximum Gasteiger partial charge on any atom is 0.387 e. The van der Waals surface area contributed by atoms with Gasteiger partial charge in [-0.2, -0.15) is 8.78 Å². The number of fused-ring (bicyclic) bond motifs is 1. The van der Waals surface area contributed by atoms with Crippen LogP contribution in [0.3, 0.4) is 0 Å². The van der Waals surface area contributed by atoms with Crippen LogP contribution in [0.15, 0.2) is 36.4 Å². The third-order valence-electron chi connectivity index (χ3n) is 2.28. The van der Waals surface area contributed by atoms with E-state index in [1.54, 1.807) is 12.1 Å². The number of benzene rings is 2. The highest BCUT2D eigenvalue weighted by atomic mass is 35.5. The molecule has 0 amide bonds. The summed E-state index contributed by atoms with van der Waals surface area (Å²) >= 11 is 5.70. The minimum Gasteiger partial charge on any atom is -0.434 e. The van der Waals surface area contributed by atoms with Crippen molar-refractivity contribution in [3.05, 3.63) is 42.0 Å². The average Bonchev–Trinajstić information content (AvgIpc) is 2.28. The standard InChI is InChI=1S/C12H9ClF2O/c13-7-8-4-5-9-2-1-3-11(10(9)6-8)16-12(14)15/h1-6,12H,7H2. The molecule has 0 aliphatic carbocycles. The molecule has 0 bridgehead atoms. The fourth-order valence-electron chi connectivity index (χ4n) is 1.57. The molecule has 0 saturated carbocycles. The van der Waals surface area contributed by atoms with Crippen LogP contribution < -0.4 is 4.74 Å². The molecule has 16 heavy (non-hydrogen) atoms. The third kappa shape index (κ3) is 2.25. The molecule has 1 nitrogen and oxygen atoms in total. The third-order valence-corrected chi connectivity index (χ3v) is 2.59. The van der Waals surface area contributed by atoms with E-state index < -0.39 is 6.61 Å². The first-order chi connectivity index (χ1) is 7.70. The molecule has 4 heteroatoms. The minimum absolute atomic E-state index is 0.180. The fraction of sp³-hybridized carbons (Fsp3) is 0.167. The van der Waals surface area contributed by atoms with Crippen molar-refractivity contribution in [2.45, 2.75) is 12.5 Å². The molecule has 0 aromatic heterocycles. The molecule has 0 aliphatic heterocycles. The number of hydrogen-bond acceptors (Lipinski definition) is 1. The highest BCUT2D eigenvalue weighted by molar-refractivity contribution is 6.17. The maximum atomic E-state index is 12.2. The van der Waals surface area contributed by atoms with Crippen LogP contribution >= 0.6 is 11.6 Å². The van der Waals surface area contributed by atoms with E-state index in [0.717, 1.165) is 10.9 Å². The molecule has 0 radical (unpaired) electrons. The summed E-state index contributed by atoms with van der Waals surface area (Å²) in [6, 6.07) is 10.5. The lowest BCUT2D eigenvalue weighted by molar-refractivity contribution is -0.0487. The Balaban J connectivity index is 2.55. The Kier molecular flexibility index (Phi) is 3.25. The van der Waals surface area contributed by atoms with Crippen molar-refractivity contribution in [3.8, 4) is 5.75 Å². The van der Waals surface area contributed by atoms with Crippen molar-refractivity contribution in [2.75, 3.05) is 0 Å². The number of ether oxygens (including phenoxy) is 1. The minimum atomic E-state index is -2.81. The number of halogens is 3. The SMILES string of the molecule is FC(F)Oc1cccc2ccc(CCl)cc12. The van der Waals surface area contributed by atoms with E-state index in [4.69, 9.17) is 11.6 Å². The molecule has 2 aromatic rings. The predicted molar refractivity (Wildman–Crippen MR) is 60.1 cm³/mol. The van der Waals surface area contributed by atoms with Crippen LogP contribution in [-0.2, 0) is 5.88 Å². The van der Waals surface area contributed by atoms with Gasteiger partial charge in [0.25, 0.3) is 0 Å². The van der Waals surface area contributed by atoms with E-state index in [1.165, 1.54) is 6.07 Å². The lowest BCUT2D eigenvalue weighted by Crippen LogP contribution is -2.02. The first-order valence-electron chi connectivity index (χ1n) is 4.73. The Labute approximate surface area is 96.6 Å². The van der Waals surface area contributed by atoms with Crippen LogP contribution in [0.25, 0.3) is 10.8 Å². The second-order valence-electron chi connectivity index (χ2n) is 3.32. The highest BCUT2D eigenvalue weighted by Crippen LogP contribution is 2.28. The van der Waals surface area contributed by atoms with E-state index in [-0.39, 0.29) is 5.75 Å². The van der Waals surface area contributed by atoms with Crippen LogP contribution in [0.4, 0.5) is 8.78 Å². The fourth-order valence-corrected chi connectivity index (χ4v) is 1.74. The zero-order valence-electron chi connectivity index (χ0n) is 8.29. The second kappa shape index (κ2) is 4.66. The molecular formula is C12H9ClF2O. The summed E-state index contributed by atoms with van der Waals surface area (Å²) in [4.78, 5) is 0. The summed E-state index contributed by atoms with van der Waals surface area (Å²) in [5.41, 5.74) is 0.875. The number of alkyl halides is 3. The van der Waals surface area contributed by atoms with Crippen LogP contribution in [-0.4, -0.2) is 6.61 Å². The van der Waals surface area contributed by atoms with E-state index in [1.807, 2.05) is 18.2 Å². The lowest BCUT2D eigenvalue weighted by Gasteiger charge is -2.08. The average molecular weight is 243 g/mol. The van der Waals surface area contributed by atoms with E-state index in [2.05, 4.69) is 4.74 Å². The van der Waals surface area contributed by atoms with Gasteiger partial charge < -0.3 is 4.74 Å². The van der Waals surface area contributed by atoms with Crippen molar-refractivity contribution in [3.63, 3.8) is 0 Å². The van der Waals surface area contributed by atoms with Gasteiger partial charge >= 0.3 is 6.61 Å². The Morgan fingerprint density at radius 1 is 1.19 bits per heavy atom. The van der Waals surface area contributed by atoms with Crippen molar-refractivity contribution < 1.29 is 13.5 Å². The number of rotatable bonds is 3. The molecule has 0 N–H and O–H groups in total. The zero-order chi connectivity index (χ0) is 11.5. The molecule has 0 fully saturated rings. The summed E-state index contributed by atoms with van der Waals surface area (Å²) in [6.07, 6.45) is 0. The molecule has 0 aliphatic rings. The summed E-state index contributed by atoms with van der Waals surface area (Å²) in [6.45, 7) is -2.81. The van der Waals surface area contributed by atoms with Gasteiger partial charge in [0.05, 0.1) is 0 Å². The quantitative estimate of drug-likeness (QED) is 0.734. The largest absolute Gasteiger partial charge is 0.434 e. The zero-order valence-corrected chi connectivity index (χ0v) is 9.05. The van der Waals surface area contributed by atoms with Crippen LogP contribution in [0.1, 0.15) is 5.56 Å². The molecular weight excluding hydrogens is 234 g/mol. The van der Waals surface area contributed by atoms with Crippen LogP contribution in [0.2, 0.25) is 0 Å². The lowest BCUT2D eigenvalue weighted by atomic mass is 10.1. The van der Waals surface area contributed by atoms with Gasteiger partial charge in [0.2, 0.25) is 0 Å². The Hall–Kier alpha value is -1.35. The van der Waals surface area contributed by atoms with Gasteiger partial charge in [-0.3, -0.25) is 0 Å². The first kappa shape index (κ1) is 11.1. The van der Waals surface area contributed by atoms with E-state index in [0.29, 0.717) is 11.3 Å². The normalized spacial score (nSPS) is 11.0. The Morgan fingerprint density at radius 3 is 2.69 bits per heavy atom. The Bertz CT molecular complexity index is 499. The van der Waals surface area contributed by atoms with E-state index >= 15 is 0 Å². The van der Waals surface area contributed by atoms with Gasteiger partial charge in [-0.05, 0) is 23.1 Å².